The maximum Gasteiger partial charge on any atom is 0.264 e. The van der Waals surface area contributed by atoms with E-state index in [4.69, 9.17) is 4.52 Å². The van der Waals surface area contributed by atoms with Gasteiger partial charge in [-0.05, 0) is 63.1 Å². The van der Waals surface area contributed by atoms with Crippen molar-refractivity contribution >= 4 is 33.3 Å². The molecule has 4 aromatic rings. The summed E-state index contributed by atoms with van der Waals surface area (Å²) in [6.07, 6.45) is 4.30. The number of carbonyl (C=O) groups is 1. The Morgan fingerprint density at radius 2 is 1.73 bits per heavy atom. The van der Waals surface area contributed by atoms with Crippen LogP contribution in [0.25, 0.3) is 5.82 Å². The summed E-state index contributed by atoms with van der Waals surface area (Å²) in [5.41, 5.74) is 1.75. The van der Waals surface area contributed by atoms with E-state index in [1.165, 1.54) is 23.1 Å². The normalized spacial score (nSPS) is 14.5. The number of anilines is 3. The molecule has 0 spiro atoms. The molecule has 1 aliphatic rings. The van der Waals surface area contributed by atoms with E-state index in [0.717, 1.165) is 5.82 Å². The minimum atomic E-state index is -3.86. The number of hydrogen-bond donors (Lipinski definition) is 2. The zero-order valence-corrected chi connectivity index (χ0v) is 21.0. The highest BCUT2D eigenvalue weighted by atomic mass is 32.2. The molecule has 0 aliphatic carbocycles. The van der Waals surface area contributed by atoms with Crippen LogP contribution in [-0.2, 0) is 14.8 Å². The molecular formula is C23H25N9O4S. The molecule has 4 heterocycles. The molecule has 0 bridgehead atoms. The lowest BCUT2D eigenvalue weighted by Crippen LogP contribution is -2.38. The Hall–Kier alpha value is -4.33. The summed E-state index contributed by atoms with van der Waals surface area (Å²) in [5.74, 6) is 1.13. The van der Waals surface area contributed by atoms with Crippen LogP contribution in [0.15, 0.2) is 58.5 Å². The van der Waals surface area contributed by atoms with Gasteiger partial charge in [-0.25, -0.2) is 22.8 Å². The van der Waals surface area contributed by atoms with E-state index in [-0.39, 0.29) is 22.6 Å². The van der Waals surface area contributed by atoms with Crippen molar-refractivity contribution in [2.24, 2.45) is 5.92 Å². The summed E-state index contributed by atoms with van der Waals surface area (Å²) >= 11 is 0. The molecule has 1 amide bonds. The van der Waals surface area contributed by atoms with E-state index in [9.17, 15) is 13.2 Å². The van der Waals surface area contributed by atoms with Crippen LogP contribution in [0, 0.1) is 19.8 Å². The zero-order chi connectivity index (χ0) is 26.0. The van der Waals surface area contributed by atoms with Crippen molar-refractivity contribution in [3.8, 4) is 5.82 Å². The molecule has 1 fully saturated rings. The van der Waals surface area contributed by atoms with Gasteiger partial charge in [0.05, 0.1) is 10.6 Å². The van der Waals surface area contributed by atoms with Crippen molar-refractivity contribution in [2.45, 2.75) is 31.6 Å². The quantitative estimate of drug-likeness (QED) is 0.368. The topological polar surface area (TPSA) is 161 Å². The Kier molecular flexibility index (Phi) is 6.56. The minimum absolute atomic E-state index is 0.0446. The Bertz CT molecular complexity index is 1480. The molecule has 0 radical (unpaired) electrons. The molecule has 1 saturated heterocycles. The predicted molar refractivity (Wildman–Crippen MR) is 134 cm³/mol. The van der Waals surface area contributed by atoms with Crippen LogP contribution >= 0.6 is 0 Å². The van der Waals surface area contributed by atoms with Gasteiger partial charge in [-0.1, -0.05) is 5.16 Å². The van der Waals surface area contributed by atoms with Crippen LogP contribution < -0.4 is 14.9 Å². The highest BCUT2D eigenvalue weighted by molar-refractivity contribution is 7.92. The number of hydrogen-bond acceptors (Lipinski definition) is 10. The Morgan fingerprint density at radius 1 is 1.03 bits per heavy atom. The Labute approximate surface area is 212 Å². The second kappa shape index (κ2) is 9.97. The standard InChI is InChI=1S/C23H25N9O4S/c1-15-16(2)29-36-23(15)30-37(34,35)19-5-3-18(4-6-19)26-22(33)17-9-11-31(12-10-17)20-7-8-21(28-27-20)32-14-24-13-25-32/h3-8,13-14,17,30H,9-12H2,1-2H3,(H,26,33). The fourth-order valence-electron chi connectivity index (χ4n) is 3.96. The summed E-state index contributed by atoms with van der Waals surface area (Å²) < 4.78 is 34.3. The van der Waals surface area contributed by atoms with Crippen molar-refractivity contribution in [3.63, 3.8) is 0 Å². The first-order valence-corrected chi connectivity index (χ1v) is 13.1. The molecule has 0 saturated carbocycles. The number of rotatable bonds is 7. The lowest BCUT2D eigenvalue weighted by atomic mass is 9.96. The van der Waals surface area contributed by atoms with Crippen molar-refractivity contribution < 1.29 is 17.7 Å². The van der Waals surface area contributed by atoms with Gasteiger partial charge in [0.25, 0.3) is 10.0 Å². The number of benzene rings is 1. The summed E-state index contributed by atoms with van der Waals surface area (Å²) in [6, 6.07) is 9.68. The molecule has 0 atom stereocenters. The number of aryl methyl sites for hydroxylation is 1. The zero-order valence-electron chi connectivity index (χ0n) is 20.2. The minimum Gasteiger partial charge on any atom is -0.355 e. The third-order valence-electron chi connectivity index (χ3n) is 6.30. The molecule has 37 heavy (non-hydrogen) atoms. The van der Waals surface area contributed by atoms with E-state index in [1.54, 1.807) is 32.3 Å². The number of aromatic nitrogens is 6. The van der Waals surface area contributed by atoms with Crippen LogP contribution in [0.2, 0.25) is 0 Å². The van der Waals surface area contributed by atoms with Gasteiger partial charge in [-0.15, -0.1) is 10.2 Å². The number of piperidine rings is 1. The lowest BCUT2D eigenvalue weighted by molar-refractivity contribution is -0.120. The molecule has 14 heteroatoms. The molecule has 0 unspecified atom stereocenters. The van der Waals surface area contributed by atoms with Crippen LogP contribution in [0.4, 0.5) is 17.4 Å². The van der Waals surface area contributed by atoms with Crippen LogP contribution in [0.3, 0.4) is 0 Å². The number of nitrogens with one attached hydrogen (secondary N) is 2. The van der Waals surface area contributed by atoms with Crippen molar-refractivity contribution in [1.82, 2.24) is 30.1 Å². The monoisotopic (exact) mass is 523 g/mol. The first-order valence-electron chi connectivity index (χ1n) is 11.6. The molecule has 13 nitrogen and oxygen atoms in total. The molecule has 192 valence electrons. The first kappa shape index (κ1) is 24.4. The average Bonchev–Trinajstić information content (AvgIpc) is 3.56. The summed E-state index contributed by atoms with van der Waals surface area (Å²) in [7, 11) is -3.86. The molecule has 5 rings (SSSR count). The van der Waals surface area contributed by atoms with Gasteiger partial charge in [-0.3, -0.25) is 4.79 Å². The molecule has 1 aliphatic heterocycles. The Morgan fingerprint density at radius 3 is 2.32 bits per heavy atom. The third kappa shape index (κ3) is 5.28. The largest absolute Gasteiger partial charge is 0.355 e. The second-order valence-electron chi connectivity index (χ2n) is 8.69. The van der Waals surface area contributed by atoms with Gasteiger partial charge in [0, 0.05) is 30.3 Å². The van der Waals surface area contributed by atoms with E-state index in [0.29, 0.717) is 48.7 Å². The van der Waals surface area contributed by atoms with Gasteiger partial charge in [0.15, 0.2) is 11.6 Å². The highest BCUT2D eigenvalue weighted by Crippen LogP contribution is 2.25. The summed E-state index contributed by atoms with van der Waals surface area (Å²) in [4.78, 5) is 18.9. The van der Waals surface area contributed by atoms with Gasteiger partial charge in [0.1, 0.15) is 12.7 Å². The molecule has 3 aromatic heterocycles. The smallest absolute Gasteiger partial charge is 0.264 e. The Balaban J connectivity index is 1.15. The number of sulfonamides is 1. The van der Waals surface area contributed by atoms with Crippen LogP contribution in [0.5, 0.6) is 0 Å². The van der Waals surface area contributed by atoms with Crippen molar-refractivity contribution in [1.29, 1.82) is 0 Å². The number of amides is 1. The fourth-order valence-corrected chi connectivity index (χ4v) is 5.01. The third-order valence-corrected chi connectivity index (χ3v) is 7.64. The predicted octanol–water partition coefficient (Wildman–Crippen LogP) is 2.32. The van der Waals surface area contributed by atoms with Gasteiger partial charge in [-0.2, -0.15) is 5.10 Å². The number of carbonyl (C=O) groups excluding carboxylic acids is 1. The maximum absolute atomic E-state index is 12.8. The van der Waals surface area contributed by atoms with Crippen molar-refractivity contribution in [2.75, 3.05) is 28.0 Å². The molecule has 1 aromatic carbocycles. The van der Waals surface area contributed by atoms with Gasteiger partial charge in [0.2, 0.25) is 11.8 Å². The van der Waals surface area contributed by atoms with Gasteiger partial charge < -0.3 is 14.7 Å². The summed E-state index contributed by atoms with van der Waals surface area (Å²) in [6.45, 7) is 4.78. The van der Waals surface area contributed by atoms with Crippen molar-refractivity contribution in [3.05, 3.63) is 60.3 Å². The van der Waals surface area contributed by atoms with Gasteiger partial charge >= 0.3 is 0 Å². The average molecular weight is 524 g/mol. The number of nitrogens with zero attached hydrogens (tertiary/aromatic N) is 7. The first-order chi connectivity index (χ1) is 17.8. The summed E-state index contributed by atoms with van der Waals surface area (Å²) in [5, 5.41) is 19.1. The fraction of sp³-hybridized carbons (Fsp3) is 0.304. The van der Waals surface area contributed by atoms with Crippen LogP contribution in [0.1, 0.15) is 24.1 Å². The molecule has 2 N–H and O–H groups in total. The van der Waals surface area contributed by atoms with E-state index < -0.39 is 10.0 Å². The van der Waals surface area contributed by atoms with E-state index in [2.05, 4.69) is 40.4 Å². The van der Waals surface area contributed by atoms with Crippen LogP contribution in [-0.4, -0.2) is 57.5 Å². The SMILES string of the molecule is Cc1noc(NS(=O)(=O)c2ccc(NC(=O)C3CCN(c4ccc(-n5cncn5)nn4)CC3)cc2)c1C. The second-order valence-corrected chi connectivity index (χ2v) is 10.4. The maximum atomic E-state index is 12.8. The lowest BCUT2D eigenvalue weighted by Gasteiger charge is -2.31. The van der Waals surface area contributed by atoms with E-state index >= 15 is 0 Å². The highest BCUT2D eigenvalue weighted by Gasteiger charge is 2.26. The van der Waals surface area contributed by atoms with E-state index in [1.807, 2.05) is 12.1 Å². The molecular weight excluding hydrogens is 498 g/mol.